The van der Waals surface area contributed by atoms with E-state index in [0.717, 1.165) is 18.8 Å². The van der Waals surface area contributed by atoms with E-state index in [4.69, 9.17) is 5.11 Å². The van der Waals surface area contributed by atoms with E-state index in [2.05, 4.69) is 36.4 Å². The molecule has 2 fully saturated rings. The van der Waals surface area contributed by atoms with Gasteiger partial charge in [0.1, 0.15) is 0 Å². The van der Waals surface area contributed by atoms with Crippen LogP contribution in [-0.4, -0.2) is 11.1 Å². The first-order valence-electron chi connectivity index (χ1n) is 7.69. The molecule has 1 N–H and O–H groups in total. The van der Waals surface area contributed by atoms with Crippen molar-refractivity contribution in [3.63, 3.8) is 0 Å². The van der Waals surface area contributed by atoms with E-state index >= 15 is 0 Å². The second-order valence-electron chi connectivity index (χ2n) is 6.23. The van der Waals surface area contributed by atoms with E-state index in [-0.39, 0.29) is 0 Å². The van der Waals surface area contributed by atoms with Gasteiger partial charge in [0, 0.05) is 6.42 Å². The largest absolute Gasteiger partial charge is 0.481 e. The molecule has 0 aliphatic heterocycles. The lowest BCUT2D eigenvalue weighted by atomic mass is 9.80. The standard InChI is InChI=1S/C18H22O2/c19-18(20)9-5-4-8-15-10-13-11-16(17(15)12-13)14-6-2-1-3-7-14/h1-3,6-8,13,16-17H,4-5,9-12H2,(H,19,20). The molecule has 0 amide bonds. The van der Waals surface area contributed by atoms with E-state index in [1.54, 1.807) is 5.57 Å². The van der Waals surface area contributed by atoms with Crippen LogP contribution in [0.25, 0.3) is 0 Å². The van der Waals surface area contributed by atoms with Crippen LogP contribution in [0.3, 0.4) is 0 Å². The molecule has 2 nitrogen and oxygen atoms in total. The first-order valence-corrected chi connectivity index (χ1v) is 7.69. The van der Waals surface area contributed by atoms with Crippen LogP contribution < -0.4 is 0 Å². The lowest BCUT2D eigenvalue weighted by molar-refractivity contribution is -0.137. The Hall–Kier alpha value is -1.57. The molecule has 3 atom stereocenters. The van der Waals surface area contributed by atoms with Crippen LogP contribution in [0.2, 0.25) is 0 Å². The smallest absolute Gasteiger partial charge is 0.303 e. The Kier molecular flexibility index (Phi) is 3.90. The summed E-state index contributed by atoms with van der Waals surface area (Å²) in [7, 11) is 0. The molecule has 1 aromatic rings. The van der Waals surface area contributed by atoms with Crippen molar-refractivity contribution < 1.29 is 9.90 Å². The number of rotatable bonds is 5. The number of hydrogen-bond acceptors (Lipinski definition) is 1. The van der Waals surface area contributed by atoms with Crippen LogP contribution >= 0.6 is 0 Å². The fourth-order valence-corrected chi connectivity index (χ4v) is 4.05. The Bertz CT molecular complexity index is 503. The summed E-state index contributed by atoms with van der Waals surface area (Å²) in [6.45, 7) is 0. The summed E-state index contributed by atoms with van der Waals surface area (Å²) < 4.78 is 0. The molecular formula is C18H22O2. The second kappa shape index (κ2) is 5.82. The summed E-state index contributed by atoms with van der Waals surface area (Å²) in [5.74, 6) is 1.59. The molecule has 0 radical (unpaired) electrons. The number of carbonyl (C=O) groups is 1. The molecule has 2 saturated carbocycles. The highest BCUT2D eigenvalue weighted by Gasteiger charge is 2.42. The molecule has 0 heterocycles. The highest BCUT2D eigenvalue weighted by molar-refractivity contribution is 5.66. The molecule has 0 aromatic heterocycles. The summed E-state index contributed by atoms with van der Waals surface area (Å²) in [5.41, 5.74) is 3.08. The number of carboxylic acid groups (broad SMARTS) is 1. The molecule has 106 valence electrons. The molecule has 2 heteroatoms. The Balaban J connectivity index is 1.64. The summed E-state index contributed by atoms with van der Waals surface area (Å²) in [4.78, 5) is 10.5. The van der Waals surface area contributed by atoms with Gasteiger partial charge in [-0.3, -0.25) is 4.79 Å². The predicted octanol–water partition coefficient (Wildman–Crippen LogP) is 4.38. The quantitative estimate of drug-likeness (QED) is 0.636. The van der Waals surface area contributed by atoms with E-state index in [0.29, 0.717) is 18.3 Å². The van der Waals surface area contributed by atoms with Crippen molar-refractivity contribution in [2.45, 2.75) is 44.4 Å². The van der Waals surface area contributed by atoms with E-state index in [1.807, 2.05) is 0 Å². The van der Waals surface area contributed by atoms with Crippen molar-refractivity contribution in [2.24, 2.45) is 11.8 Å². The van der Waals surface area contributed by atoms with Gasteiger partial charge in [-0.25, -0.2) is 0 Å². The van der Waals surface area contributed by atoms with Crippen LogP contribution in [0.15, 0.2) is 42.0 Å². The zero-order valence-electron chi connectivity index (χ0n) is 11.8. The fourth-order valence-electron chi connectivity index (χ4n) is 4.05. The van der Waals surface area contributed by atoms with Gasteiger partial charge in [-0.1, -0.05) is 42.0 Å². The Morgan fingerprint density at radius 1 is 1.20 bits per heavy atom. The van der Waals surface area contributed by atoms with Crippen LogP contribution in [0.4, 0.5) is 0 Å². The van der Waals surface area contributed by atoms with Crippen molar-refractivity contribution in [3.05, 3.63) is 47.5 Å². The lowest BCUT2D eigenvalue weighted by Crippen LogP contribution is -2.11. The van der Waals surface area contributed by atoms with Crippen LogP contribution in [0.5, 0.6) is 0 Å². The minimum atomic E-state index is -0.682. The summed E-state index contributed by atoms with van der Waals surface area (Å²) in [6.07, 6.45) is 8.24. The van der Waals surface area contributed by atoms with Gasteiger partial charge >= 0.3 is 5.97 Å². The number of aliphatic carboxylic acids is 1. The van der Waals surface area contributed by atoms with E-state index in [9.17, 15) is 4.79 Å². The maximum Gasteiger partial charge on any atom is 0.303 e. The molecular weight excluding hydrogens is 248 g/mol. The average Bonchev–Trinajstić information content (AvgIpc) is 3.04. The first-order chi connectivity index (χ1) is 9.74. The highest BCUT2D eigenvalue weighted by atomic mass is 16.4. The fraction of sp³-hybridized carbons (Fsp3) is 0.500. The molecule has 2 aliphatic carbocycles. The third-order valence-electron chi connectivity index (χ3n) is 4.89. The van der Waals surface area contributed by atoms with Crippen LogP contribution in [0, 0.1) is 11.8 Å². The van der Waals surface area contributed by atoms with Gasteiger partial charge in [0.25, 0.3) is 0 Å². The predicted molar refractivity (Wildman–Crippen MR) is 79.6 cm³/mol. The Morgan fingerprint density at radius 3 is 2.65 bits per heavy atom. The number of carboxylic acids is 1. The van der Waals surface area contributed by atoms with Crippen molar-refractivity contribution >= 4 is 5.97 Å². The van der Waals surface area contributed by atoms with Gasteiger partial charge in [-0.2, -0.15) is 0 Å². The topological polar surface area (TPSA) is 37.3 Å². The lowest BCUT2D eigenvalue weighted by Gasteiger charge is -2.25. The zero-order valence-corrected chi connectivity index (χ0v) is 11.8. The number of benzene rings is 1. The van der Waals surface area contributed by atoms with E-state index < -0.39 is 5.97 Å². The van der Waals surface area contributed by atoms with Crippen molar-refractivity contribution in [3.8, 4) is 0 Å². The number of fused-ring (bicyclic) bond motifs is 2. The Labute approximate surface area is 120 Å². The SMILES string of the molecule is O=C(O)CCCC=C1CC2CC1C(c1ccccc1)C2. The molecule has 1 aromatic carbocycles. The van der Waals surface area contributed by atoms with Gasteiger partial charge in [-0.15, -0.1) is 0 Å². The summed E-state index contributed by atoms with van der Waals surface area (Å²) >= 11 is 0. The van der Waals surface area contributed by atoms with Crippen LogP contribution in [0.1, 0.15) is 50.0 Å². The molecule has 2 aliphatic rings. The number of unbranched alkanes of at least 4 members (excludes halogenated alkanes) is 1. The summed E-state index contributed by atoms with van der Waals surface area (Å²) in [5, 5.41) is 8.68. The molecule has 0 spiro atoms. The van der Waals surface area contributed by atoms with E-state index in [1.165, 1.54) is 24.8 Å². The normalized spacial score (nSPS) is 30.0. The monoisotopic (exact) mass is 270 g/mol. The van der Waals surface area contributed by atoms with Gasteiger partial charge in [0.2, 0.25) is 0 Å². The second-order valence-corrected chi connectivity index (χ2v) is 6.23. The molecule has 2 bridgehead atoms. The average molecular weight is 270 g/mol. The zero-order chi connectivity index (χ0) is 13.9. The maximum atomic E-state index is 10.5. The van der Waals surface area contributed by atoms with Gasteiger partial charge in [0.15, 0.2) is 0 Å². The third kappa shape index (κ3) is 2.79. The molecule has 3 unspecified atom stereocenters. The molecule has 20 heavy (non-hydrogen) atoms. The van der Waals surface area contributed by atoms with Crippen LogP contribution in [-0.2, 0) is 4.79 Å². The number of allylic oxidation sites excluding steroid dienone is 2. The molecule has 0 saturated heterocycles. The third-order valence-corrected chi connectivity index (χ3v) is 4.89. The van der Waals surface area contributed by atoms with Crippen molar-refractivity contribution in [1.82, 2.24) is 0 Å². The highest BCUT2D eigenvalue weighted by Crippen LogP contribution is 2.55. The van der Waals surface area contributed by atoms with Gasteiger partial charge in [-0.05, 0) is 55.4 Å². The van der Waals surface area contributed by atoms with Gasteiger partial charge < -0.3 is 5.11 Å². The van der Waals surface area contributed by atoms with Crippen molar-refractivity contribution in [2.75, 3.05) is 0 Å². The van der Waals surface area contributed by atoms with Gasteiger partial charge in [0.05, 0.1) is 0 Å². The van der Waals surface area contributed by atoms with Crippen molar-refractivity contribution in [1.29, 1.82) is 0 Å². The minimum Gasteiger partial charge on any atom is -0.481 e. The minimum absolute atomic E-state index is 0.292. The maximum absolute atomic E-state index is 10.5. The summed E-state index contributed by atoms with van der Waals surface area (Å²) in [6, 6.07) is 10.9. The number of hydrogen-bond donors (Lipinski definition) is 1. The first kappa shape index (κ1) is 13.4. The Morgan fingerprint density at radius 2 is 1.95 bits per heavy atom. The molecule has 3 rings (SSSR count).